The Morgan fingerprint density at radius 2 is 1.63 bits per heavy atom. The molecule has 148 valence electrons. The Bertz CT molecular complexity index is 1210. The molecule has 1 fully saturated rings. The molecule has 0 bridgehead atoms. The van der Waals surface area contributed by atoms with Crippen LogP contribution in [0.15, 0.2) is 93.0 Å². The van der Waals surface area contributed by atoms with E-state index in [0.717, 1.165) is 24.3 Å². The van der Waals surface area contributed by atoms with Gasteiger partial charge in [-0.3, -0.25) is 9.59 Å². The van der Waals surface area contributed by atoms with Crippen LogP contribution < -0.4 is 4.90 Å². The lowest BCUT2D eigenvalue weighted by Crippen LogP contribution is -2.31. The number of hydrogen-bond donors (Lipinski definition) is 0. The molecule has 0 aliphatic carbocycles. The van der Waals surface area contributed by atoms with Gasteiger partial charge >= 0.3 is 0 Å². The molecule has 0 unspecified atom stereocenters. The van der Waals surface area contributed by atoms with Gasteiger partial charge in [0, 0.05) is 16.2 Å². The van der Waals surface area contributed by atoms with Crippen molar-refractivity contribution in [2.24, 2.45) is 0 Å². The van der Waals surface area contributed by atoms with Crippen LogP contribution in [0.5, 0.6) is 0 Å². The first-order chi connectivity index (χ1) is 14.7. The summed E-state index contributed by atoms with van der Waals surface area (Å²) < 4.78 is 1.90. The fourth-order valence-electron chi connectivity index (χ4n) is 3.32. The third kappa shape index (κ3) is 3.76. The number of aromatic nitrogens is 1. The molecule has 1 aliphatic rings. The van der Waals surface area contributed by atoms with Crippen LogP contribution in [-0.2, 0) is 9.59 Å². The molecule has 0 radical (unpaired) electrons. The average Bonchev–Trinajstić information content (AvgIpc) is 3.29. The Morgan fingerprint density at radius 3 is 2.47 bits per heavy atom. The van der Waals surface area contributed by atoms with Crippen molar-refractivity contribution in [1.82, 2.24) is 4.98 Å². The summed E-state index contributed by atoms with van der Waals surface area (Å²) in [5.74, 6) is -0.343. The van der Waals surface area contributed by atoms with Gasteiger partial charge in [0.1, 0.15) is 5.25 Å². The van der Waals surface area contributed by atoms with Crippen molar-refractivity contribution in [3.63, 3.8) is 0 Å². The third-order valence-corrected chi connectivity index (χ3v) is 8.09. The normalized spacial score (nSPS) is 16.5. The van der Waals surface area contributed by atoms with E-state index in [4.69, 9.17) is 0 Å². The smallest absolute Gasteiger partial charge is 0.247 e. The number of nitrogens with zero attached hydrogens (tertiary/aromatic N) is 2. The number of hydrogen-bond acceptors (Lipinski definition) is 6. The molecule has 30 heavy (non-hydrogen) atoms. The average molecular weight is 449 g/mol. The zero-order valence-electron chi connectivity index (χ0n) is 15.7. The minimum Gasteiger partial charge on any atom is -0.274 e. The fraction of sp³-hybridized carbons (Fsp3) is 0.0870. The van der Waals surface area contributed by atoms with Gasteiger partial charge in [0.25, 0.3) is 0 Å². The molecule has 5 rings (SSSR count). The minimum absolute atomic E-state index is 0.167. The number of carbonyl (C=O) groups excluding carboxylic acids is 2. The van der Waals surface area contributed by atoms with Gasteiger partial charge in [0.15, 0.2) is 4.34 Å². The van der Waals surface area contributed by atoms with E-state index >= 15 is 0 Å². The molecule has 4 aromatic rings. The molecule has 0 N–H and O–H groups in total. The molecular weight excluding hydrogens is 432 g/mol. The molecule has 3 aromatic carbocycles. The molecule has 2 amide bonds. The van der Waals surface area contributed by atoms with E-state index in [1.54, 1.807) is 23.1 Å². The van der Waals surface area contributed by atoms with Crippen molar-refractivity contribution in [3.8, 4) is 0 Å². The SMILES string of the molecule is O=C1C[C@@H](Sc2nc3ccccc3s2)C(=O)N1c1ccccc1Sc1ccccc1. The molecule has 1 aromatic heterocycles. The molecule has 0 spiro atoms. The van der Waals surface area contributed by atoms with Gasteiger partial charge < -0.3 is 0 Å². The first-order valence-corrected chi connectivity index (χ1v) is 11.9. The Morgan fingerprint density at radius 1 is 0.900 bits per heavy atom. The highest BCUT2D eigenvalue weighted by atomic mass is 32.2. The first-order valence-electron chi connectivity index (χ1n) is 9.40. The minimum atomic E-state index is -0.451. The summed E-state index contributed by atoms with van der Waals surface area (Å²) in [6.07, 6.45) is 0.184. The maximum absolute atomic E-state index is 13.2. The standard InChI is InChI=1S/C23H16N2O2S3/c26-21-14-20(30-23-24-16-10-4-6-12-18(16)29-23)22(27)25(21)17-11-5-7-13-19(17)28-15-8-2-1-3-9-15/h1-13,20H,14H2/t20-/m1/s1. The van der Waals surface area contributed by atoms with Crippen LogP contribution in [0.2, 0.25) is 0 Å². The van der Waals surface area contributed by atoms with Gasteiger partial charge in [-0.05, 0) is 36.4 Å². The van der Waals surface area contributed by atoms with E-state index < -0.39 is 5.25 Å². The van der Waals surface area contributed by atoms with Gasteiger partial charge in [0.2, 0.25) is 11.8 Å². The first kappa shape index (κ1) is 19.4. The van der Waals surface area contributed by atoms with Crippen LogP contribution in [0.4, 0.5) is 5.69 Å². The van der Waals surface area contributed by atoms with Crippen molar-refractivity contribution < 1.29 is 9.59 Å². The van der Waals surface area contributed by atoms with Crippen LogP contribution in [0, 0.1) is 0 Å². The van der Waals surface area contributed by atoms with Crippen molar-refractivity contribution in [2.75, 3.05) is 4.90 Å². The molecule has 0 saturated carbocycles. The van der Waals surface area contributed by atoms with Gasteiger partial charge in [0.05, 0.1) is 15.9 Å². The Hall–Kier alpha value is -2.61. The number of fused-ring (bicyclic) bond motifs is 1. The number of carbonyl (C=O) groups is 2. The molecule has 1 saturated heterocycles. The van der Waals surface area contributed by atoms with E-state index in [1.807, 2.05) is 78.9 Å². The van der Waals surface area contributed by atoms with Crippen molar-refractivity contribution in [3.05, 3.63) is 78.9 Å². The Labute approximate surface area is 186 Å². The molecule has 7 heteroatoms. The second kappa shape index (κ2) is 8.26. The zero-order valence-corrected chi connectivity index (χ0v) is 18.2. The van der Waals surface area contributed by atoms with E-state index in [-0.39, 0.29) is 18.2 Å². The summed E-state index contributed by atoms with van der Waals surface area (Å²) >= 11 is 4.49. The maximum atomic E-state index is 13.2. The van der Waals surface area contributed by atoms with Crippen LogP contribution in [0.3, 0.4) is 0 Å². The summed E-state index contributed by atoms with van der Waals surface area (Å²) in [6, 6.07) is 25.4. The van der Waals surface area contributed by atoms with Crippen LogP contribution in [-0.4, -0.2) is 22.0 Å². The summed E-state index contributed by atoms with van der Waals surface area (Å²) in [7, 11) is 0. The number of amides is 2. The van der Waals surface area contributed by atoms with Crippen LogP contribution in [0.1, 0.15) is 6.42 Å². The van der Waals surface area contributed by atoms with Gasteiger partial charge in [-0.25, -0.2) is 9.88 Å². The van der Waals surface area contributed by atoms with Crippen molar-refractivity contribution in [2.45, 2.75) is 25.8 Å². The number of thiazole rings is 1. The number of anilines is 1. The third-order valence-electron chi connectivity index (χ3n) is 4.70. The molecular formula is C23H16N2O2S3. The highest BCUT2D eigenvalue weighted by Gasteiger charge is 2.41. The maximum Gasteiger partial charge on any atom is 0.247 e. The number of imide groups is 1. The fourth-order valence-corrected chi connectivity index (χ4v) is 6.61. The molecule has 4 nitrogen and oxygen atoms in total. The van der Waals surface area contributed by atoms with E-state index in [9.17, 15) is 9.59 Å². The highest BCUT2D eigenvalue weighted by Crippen LogP contribution is 2.41. The van der Waals surface area contributed by atoms with Crippen molar-refractivity contribution >= 4 is 62.6 Å². The lowest BCUT2D eigenvalue weighted by molar-refractivity contribution is -0.121. The lowest BCUT2D eigenvalue weighted by atomic mass is 10.3. The Kier molecular flexibility index (Phi) is 5.33. The predicted octanol–water partition coefficient (Wildman–Crippen LogP) is 5.87. The van der Waals surface area contributed by atoms with Gasteiger partial charge in [-0.1, -0.05) is 66.0 Å². The van der Waals surface area contributed by atoms with E-state index in [2.05, 4.69) is 4.98 Å². The zero-order chi connectivity index (χ0) is 20.5. The van der Waals surface area contributed by atoms with Crippen LogP contribution in [0.25, 0.3) is 10.2 Å². The summed E-state index contributed by atoms with van der Waals surface area (Å²) in [4.78, 5) is 33.9. The number of rotatable bonds is 5. The number of benzene rings is 3. The predicted molar refractivity (Wildman–Crippen MR) is 123 cm³/mol. The monoisotopic (exact) mass is 448 g/mol. The van der Waals surface area contributed by atoms with Gasteiger partial charge in [-0.15, -0.1) is 11.3 Å². The summed E-state index contributed by atoms with van der Waals surface area (Å²) in [5.41, 5.74) is 1.57. The van der Waals surface area contributed by atoms with Crippen molar-refractivity contribution in [1.29, 1.82) is 0 Å². The largest absolute Gasteiger partial charge is 0.274 e. The Balaban J connectivity index is 1.40. The lowest BCUT2D eigenvalue weighted by Gasteiger charge is -2.18. The highest BCUT2D eigenvalue weighted by molar-refractivity contribution is 8.02. The second-order valence-electron chi connectivity index (χ2n) is 6.71. The van der Waals surface area contributed by atoms with E-state index in [0.29, 0.717) is 5.69 Å². The van der Waals surface area contributed by atoms with E-state index in [1.165, 1.54) is 16.7 Å². The molecule has 2 heterocycles. The van der Waals surface area contributed by atoms with Crippen LogP contribution >= 0.6 is 34.9 Å². The number of para-hydroxylation sites is 2. The number of thioether (sulfide) groups is 1. The molecule has 1 atom stereocenters. The topological polar surface area (TPSA) is 50.3 Å². The summed E-state index contributed by atoms with van der Waals surface area (Å²) in [5, 5.41) is -0.451. The second-order valence-corrected chi connectivity index (χ2v) is 10.3. The van der Waals surface area contributed by atoms with Gasteiger partial charge in [-0.2, -0.15) is 0 Å². The quantitative estimate of drug-likeness (QED) is 0.357. The summed E-state index contributed by atoms with van der Waals surface area (Å²) in [6.45, 7) is 0. The molecule has 1 aliphatic heterocycles.